The number of fused-ring (bicyclic) bond motifs is 1. The van der Waals surface area contributed by atoms with Crippen molar-refractivity contribution in [3.8, 4) is 5.69 Å². The van der Waals surface area contributed by atoms with Gasteiger partial charge in [-0.25, -0.2) is 9.67 Å². The second kappa shape index (κ2) is 10.0. The first-order chi connectivity index (χ1) is 15.9. The summed E-state index contributed by atoms with van der Waals surface area (Å²) in [5.74, 6) is -0.476. The van der Waals surface area contributed by atoms with Gasteiger partial charge in [-0.05, 0) is 37.1 Å². The molecule has 0 aliphatic rings. The zero-order valence-corrected chi connectivity index (χ0v) is 19.2. The summed E-state index contributed by atoms with van der Waals surface area (Å²) >= 11 is 7.14. The molecular weight excluding hydrogens is 462 g/mol. The zero-order valence-electron chi connectivity index (χ0n) is 17.6. The molecule has 4 aromatic rings. The van der Waals surface area contributed by atoms with Gasteiger partial charge in [0.15, 0.2) is 16.6 Å². The average Bonchev–Trinajstić information content (AvgIpc) is 3.22. The second-order valence-electron chi connectivity index (χ2n) is 7.35. The Kier molecular flexibility index (Phi) is 6.90. The van der Waals surface area contributed by atoms with Gasteiger partial charge in [-0.3, -0.25) is 14.4 Å². The molecule has 0 bridgehead atoms. The van der Waals surface area contributed by atoms with Crippen molar-refractivity contribution in [3.05, 3.63) is 81.7 Å². The zero-order chi connectivity index (χ0) is 23.4. The number of thioether (sulfide) groups is 1. The normalized spacial score (nSPS) is 11.9. The first kappa shape index (κ1) is 22.8. The Balaban J connectivity index is 1.48. The molecule has 168 valence electrons. The minimum Gasteiger partial charge on any atom is -0.345 e. The summed E-state index contributed by atoms with van der Waals surface area (Å²) in [7, 11) is 0. The van der Waals surface area contributed by atoms with Crippen LogP contribution in [0.15, 0.2) is 70.7 Å². The number of hydrogen-bond donors (Lipinski definition) is 2. The van der Waals surface area contributed by atoms with E-state index in [2.05, 4.69) is 20.4 Å². The Morgan fingerprint density at radius 1 is 1.18 bits per heavy atom. The number of aromatic amines is 1. The van der Waals surface area contributed by atoms with E-state index in [0.717, 1.165) is 17.3 Å². The number of nitrogens with one attached hydrogen (secondary N) is 2. The van der Waals surface area contributed by atoms with E-state index in [1.807, 2.05) is 30.3 Å². The number of carbonyl (C=O) groups is 2. The van der Waals surface area contributed by atoms with Gasteiger partial charge < -0.3 is 10.3 Å². The maximum Gasteiger partial charge on any atom is 0.262 e. The van der Waals surface area contributed by atoms with Gasteiger partial charge in [0, 0.05) is 5.02 Å². The van der Waals surface area contributed by atoms with Crippen molar-refractivity contribution in [2.75, 3.05) is 5.75 Å². The minimum absolute atomic E-state index is 0.0156. The van der Waals surface area contributed by atoms with Crippen LogP contribution in [0.3, 0.4) is 0 Å². The van der Waals surface area contributed by atoms with E-state index in [1.165, 1.54) is 17.8 Å². The molecule has 33 heavy (non-hydrogen) atoms. The maximum absolute atomic E-state index is 12.5. The number of rotatable bonds is 8. The molecule has 0 fully saturated rings. The van der Waals surface area contributed by atoms with Gasteiger partial charge >= 0.3 is 0 Å². The fourth-order valence-electron chi connectivity index (χ4n) is 3.28. The number of halogens is 1. The molecule has 4 rings (SSSR count). The molecule has 10 heteroatoms. The molecule has 0 radical (unpaired) electrons. The summed E-state index contributed by atoms with van der Waals surface area (Å²) in [6, 6.07) is 15.9. The van der Waals surface area contributed by atoms with E-state index in [1.54, 1.807) is 24.3 Å². The van der Waals surface area contributed by atoms with Crippen LogP contribution in [-0.2, 0) is 16.0 Å². The molecular formula is C23H20ClN5O3S. The number of H-pyrrole nitrogens is 1. The van der Waals surface area contributed by atoms with Crippen molar-refractivity contribution < 1.29 is 9.59 Å². The highest BCUT2D eigenvalue weighted by atomic mass is 35.5. The molecule has 1 atom stereocenters. The standard InChI is InChI=1S/C23H20ClN5O3S/c1-14(30)19(10-15-6-3-2-4-7-15)26-20(31)13-33-23-27-21-18(22(32)28-23)12-25-29(21)17-9-5-8-16(24)11-17/h2-9,11-12,19H,10,13H2,1H3,(H,26,31)(H,27,28,32). The summed E-state index contributed by atoms with van der Waals surface area (Å²) in [5, 5.41) is 8.14. The second-order valence-corrected chi connectivity index (χ2v) is 8.75. The molecule has 2 N–H and O–H groups in total. The lowest BCUT2D eigenvalue weighted by Crippen LogP contribution is -2.42. The van der Waals surface area contributed by atoms with Crippen LogP contribution < -0.4 is 10.9 Å². The Bertz CT molecular complexity index is 1370. The van der Waals surface area contributed by atoms with Crippen LogP contribution in [0.25, 0.3) is 16.7 Å². The van der Waals surface area contributed by atoms with Crippen LogP contribution in [0.2, 0.25) is 5.02 Å². The number of hydrogen-bond acceptors (Lipinski definition) is 6. The third-order valence-corrected chi connectivity index (χ3v) is 6.03. The molecule has 2 heterocycles. The van der Waals surface area contributed by atoms with Gasteiger partial charge in [-0.2, -0.15) is 5.10 Å². The van der Waals surface area contributed by atoms with Crippen molar-refractivity contribution in [2.24, 2.45) is 0 Å². The summed E-state index contributed by atoms with van der Waals surface area (Å²) in [6.45, 7) is 1.45. The van der Waals surface area contributed by atoms with E-state index >= 15 is 0 Å². The highest BCUT2D eigenvalue weighted by Crippen LogP contribution is 2.20. The number of Topliss-reactive ketones (excluding diaryl/α,β-unsaturated/α-hetero) is 1. The van der Waals surface area contributed by atoms with Crippen LogP contribution in [0.1, 0.15) is 12.5 Å². The van der Waals surface area contributed by atoms with Gasteiger partial charge in [0.25, 0.3) is 5.56 Å². The average molecular weight is 482 g/mol. The van der Waals surface area contributed by atoms with Crippen LogP contribution in [0, 0.1) is 0 Å². The Morgan fingerprint density at radius 3 is 2.70 bits per heavy atom. The van der Waals surface area contributed by atoms with Gasteiger partial charge in [0.2, 0.25) is 5.91 Å². The van der Waals surface area contributed by atoms with Crippen molar-refractivity contribution in [3.63, 3.8) is 0 Å². The number of benzene rings is 2. The predicted octanol–water partition coefficient (Wildman–Crippen LogP) is 3.17. The summed E-state index contributed by atoms with van der Waals surface area (Å²) in [4.78, 5) is 44.2. The predicted molar refractivity (Wildman–Crippen MR) is 128 cm³/mol. The third-order valence-electron chi connectivity index (χ3n) is 4.92. The van der Waals surface area contributed by atoms with E-state index in [-0.39, 0.29) is 28.2 Å². The van der Waals surface area contributed by atoms with E-state index in [9.17, 15) is 14.4 Å². The van der Waals surface area contributed by atoms with Gasteiger partial charge in [0.05, 0.1) is 23.7 Å². The van der Waals surface area contributed by atoms with Crippen molar-refractivity contribution in [1.29, 1.82) is 0 Å². The lowest BCUT2D eigenvalue weighted by atomic mass is 10.0. The molecule has 1 amide bonds. The van der Waals surface area contributed by atoms with Crippen LogP contribution >= 0.6 is 23.4 Å². The fraction of sp³-hybridized carbons (Fsp3) is 0.174. The number of ketones is 1. The smallest absolute Gasteiger partial charge is 0.262 e. The van der Waals surface area contributed by atoms with Crippen LogP contribution in [-0.4, -0.2) is 43.2 Å². The molecule has 1 unspecified atom stereocenters. The quantitative estimate of drug-likeness (QED) is 0.295. The van der Waals surface area contributed by atoms with Crippen molar-refractivity contribution in [2.45, 2.75) is 24.5 Å². The molecule has 8 nitrogen and oxygen atoms in total. The molecule has 0 saturated carbocycles. The number of aromatic nitrogens is 4. The maximum atomic E-state index is 12.5. The molecule has 0 saturated heterocycles. The Hall–Kier alpha value is -3.43. The van der Waals surface area contributed by atoms with Crippen molar-refractivity contribution in [1.82, 2.24) is 25.1 Å². The van der Waals surface area contributed by atoms with Gasteiger partial charge in [-0.1, -0.05) is 59.8 Å². The molecule has 2 aromatic heterocycles. The molecule has 0 spiro atoms. The third kappa shape index (κ3) is 5.50. The monoisotopic (exact) mass is 481 g/mol. The SMILES string of the molecule is CC(=O)C(Cc1ccccc1)NC(=O)CSc1nc2c(cnn2-c2cccc(Cl)c2)c(=O)[nH]1. The number of nitrogens with zero attached hydrogens (tertiary/aromatic N) is 3. The Morgan fingerprint density at radius 2 is 1.97 bits per heavy atom. The fourth-order valence-corrected chi connectivity index (χ4v) is 4.13. The van der Waals surface area contributed by atoms with Gasteiger partial charge in [0.1, 0.15) is 5.39 Å². The lowest BCUT2D eigenvalue weighted by molar-refractivity contribution is -0.125. The number of amides is 1. The molecule has 2 aromatic carbocycles. The highest BCUT2D eigenvalue weighted by Gasteiger charge is 2.18. The topological polar surface area (TPSA) is 110 Å². The molecule has 0 aliphatic heterocycles. The summed E-state index contributed by atoms with van der Waals surface area (Å²) in [5.41, 5.74) is 1.61. The summed E-state index contributed by atoms with van der Waals surface area (Å²) < 4.78 is 1.52. The summed E-state index contributed by atoms with van der Waals surface area (Å²) in [6.07, 6.45) is 1.84. The minimum atomic E-state index is -0.626. The van der Waals surface area contributed by atoms with Crippen LogP contribution in [0.5, 0.6) is 0 Å². The number of carbonyl (C=O) groups excluding carboxylic acids is 2. The van der Waals surface area contributed by atoms with Crippen molar-refractivity contribution >= 4 is 46.1 Å². The van der Waals surface area contributed by atoms with Gasteiger partial charge in [-0.15, -0.1) is 0 Å². The van der Waals surface area contributed by atoms with Crippen LogP contribution in [0.4, 0.5) is 0 Å². The Labute approximate surface area is 198 Å². The largest absolute Gasteiger partial charge is 0.345 e. The highest BCUT2D eigenvalue weighted by molar-refractivity contribution is 7.99. The lowest BCUT2D eigenvalue weighted by Gasteiger charge is -2.16. The molecule has 0 aliphatic carbocycles. The van der Waals surface area contributed by atoms with E-state index < -0.39 is 6.04 Å². The first-order valence-electron chi connectivity index (χ1n) is 10.1. The van der Waals surface area contributed by atoms with E-state index in [0.29, 0.717) is 28.2 Å². The van der Waals surface area contributed by atoms with E-state index in [4.69, 9.17) is 11.6 Å². The first-order valence-corrected chi connectivity index (χ1v) is 11.5.